The SMILES string of the molecule is Cc1ccc(/C=C(\CCN=[N+]=[N-])C(=O)c2ccc(C)cc2)cc1. The fraction of sp³-hybridized carbons (Fsp3) is 0.211. The van der Waals surface area contributed by atoms with Crippen LogP contribution in [0.5, 0.6) is 0 Å². The lowest BCUT2D eigenvalue weighted by Crippen LogP contribution is -2.05. The zero-order valence-electron chi connectivity index (χ0n) is 13.4. The van der Waals surface area contributed by atoms with Crippen LogP contribution in [0.1, 0.15) is 33.5 Å². The molecule has 2 rings (SSSR count). The molecule has 0 fully saturated rings. The second kappa shape index (κ2) is 7.97. The molecule has 0 bridgehead atoms. The van der Waals surface area contributed by atoms with Crippen molar-refractivity contribution >= 4 is 11.9 Å². The van der Waals surface area contributed by atoms with Gasteiger partial charge in [0.15, 0.2) is 5.78 Å². The van der Waals surface area contributed by atoms with Crippen molar-refractivity contribution < 1.29 is 4.79 Å². The van der Waals surface area contributed by atoms with Crippen LogP contribution < -0.4 is 0 Å². The van der Waals surface area contributed by atoms with E-state index in [1.54, 1.807) is 0 Å². The molecule has 0 N–H and O–H groups in total. The van der Waals surface area contributed by atoms with E-state index in [4.69, 9.17) is 5.53 Å². The minimum atomic E-state index is -0.0290. The van der Waals surface area contributed by atoms with Crippen molar-refractivity contribution in [2.24, 2.45) is 5.11 Å². The molecule has 0 saturated heterocycles. The summed E-state index contributed by atoms with van der Waals surface area (Å²) < 4.78 is 0. The van der Waals surface area contributed by atoms with Crippen LogP contribution in [0.2, 0.25) is 0 Å². The van der Waals surface area contributed by atoms with E-state index in [0.717, 1.165) is 11.1 Å². The predicted molar refractivity (Wildman–Crippen MR) is 93.3 cm³/mol. The van der Waals surface area contributed by atoms with Gasteiger partial charge in [0.25, 0.3) is 0 Å². The van der Waals surface area contributed by atoms with Gasteiger partial charge in [0.2, 0.25) is 0 Å². The molecule has 0 radical (unpaired) electrons. The molecule has 0 unspecified atom stereocenters. The van der Waals surface area contributed by atoms with Crippen molar-refractivity contribution in [3.63, 3.8) is 0 Å². The van der Waals surface area contributed by atoms with Gasteiger partial charge in [-0.3, -0.25) is 4.79 Å². The fourth-order valence-corrected chi connectivity index (χ4v) is 2.22. The van der Waals surface area contributed by atoms with Crippen molar-refractivity contribution in [1.82, 2.24) is 0 Å². The third-order valence-electron chi connectivity index (χ3n) is 3.57. The number of carbonyl (C=O) groups excluding carboxylic acids is 1. The van der Waals surface area contributed by atoms with E-state index in [1.165, 1.54) is 5.56 Å². The minimum absolute atomic E-state index is 0.0290. The summed E-state index contributed by atoms with van der Waals surface area (Å²) in [5, 5.41) is 3.55. The van der Waals surface area contributed by atoms with Gasteiger partial charge in [0.05, 0.1) is 0 Å². The van der Waals surface area contributed by atoms with E-state index in [9.17, 15) is 4.79 Å². The van der Waals surface area contributed by atoms with E-state index < -0.39 is 0 Å². The molecule has 116 valence electrons. The molecule has 2 aromatic rings. The first-order valence-electron chi connectivity index (χ1n) is 7.49. The summed E-state index contributed by atoms with van der Waals surface area (Å²) in [7, 11) is 0. The molecular weight excluding hydrogens is 286 g/mol. The van der Waals surface area contributed by atoms with Gasteiger partial charge in [-0.05, 0) is 37.4 Å². The number of benzene rings is 2. The maximum atomic E-state index is 12.7. The first-order chi connectivity index (χ1) is 11.1. The smallest absolute Gasteiger partial charge is 0.189 e. The Morgan fingerprint density at radius 3 is 2.17 bits per heavy atom. The van der Waals surface area contributed by atoms with Crippen LogP contribution in [0.4, 0.5) is 0 Å². The van der Waals surface area contributed by atoms with Crippen molar-refractivity contribution in [2.45, 2.75) is 20.3 Å². The lowest BCUT2D eigenvalue weighted by molar-refractivity contribution is 0.103. The molecule has 0 atom stereocenters. The number of Topliss-reactive ketones (excluding diaryl/α,β-unsaturated/α-hetero) is 1. The minimum Gasteiger partial charge on any atom is -0.289 e. The standard InChI is InChI=1S/C19H19N3O/c1-14-3-7-16(8-4-14)13-18(11-12-21-22-20)19(23)17-9-5-15(2)6-10-17/h3-10,13H,11-12H2,1-2H3/b18-13+. The summed E-state index contributed by atoms with van der Waals surface area (Å²) in [4.78, 5) is 15.5. The number of azide groups is 1. The highest BCUT2D eigenvalue weighted by molar-refractivity contribution is 6.11. The molecule has 0 aliphatic rings. The van der Waals surface area contributed by atoms with Crippen LogP contribution in [0.15, 0.2) is 59.2 Å². The van der Waals surface area contributed by atoms with Gasteiger partial charge >= 0.3 is 0 Å². The lowest BCUT2D eigenvalue weighted by Gasteiger charge is -2.07. The van der Waals surface area contributed by atoms with E-state index in [-0.39, 0.29) is 12.3 Å². The Balaban J connectivity index is 2.32. The number of hydrogen-bond acceptors (Lipinski definition) is 2. The van der Waals surface area contributed by atoms with Crippen molar-refractivity contribution in [2.75, 3.05) is 6.54 Å². The monoisotopic (exact) mass is 305 g/mol. The predicted octanol–water partition coefficient (Wildman–Crippen LogP) is 5.27. The molecule has 2 aromatic carbocycles. The van der Waals surface area contributed by atoms with Crippen molar-refractivity contribution in [1.29, 1.82) is 0 Å². The summed E-state index contributed by atoms with van der Waals surface area (Å²) in [5.74, 6) is -0.0290. The lowest BCUT2D eigenvalue weighted by atomic mass is 9.97. The second-order valence-electron chi connectivity index (χ2n) is 5.48. The molecule has 0 aliphatic heterocycles. The molecule has 0 aromatic heterocycles. The summed E-state index contributed by atoms with van der Waals surface area (Å²) >= 11 is 0. The molecule has 0 saturated carbocycles. The first-order valence-corrected chi connectivity index (χ1v) is 7.49. The van der Waals surface area contributed by atoms with Crippen molar-refractivity contribution in [3.05, 3.63) is 86.8 Å². The second-order valence-corrected chi connectivity index (χ2v) is 5.48. The third-order valence-corrected chi connectivity index (χ3v) is 3.57. The van der Waals surface area contributed by atoms with Gasteiger partial charge in [-0.2, -0.15) is 0 Å². The number of nitrogens with zero attached hydrogens (tertiary/aromatic N) is 3. The molecule has 4 heteroatoms. The zero-order chi connectivity index (χ0) is 16.7. The molecule has 0 spiro atoms. The number of rotatable bonds is 6. The summed E-state index contributed by atoms with van der Waals surface area (Å²) in [6, 6.07) is 15.5. The molecule has 0 heterocycles. The van der Waals surface area contributed by atoms with E-state index in [1.807, 2.05) is 68.5 Å². The Kier molecular flexibility index (Phi) is 5.73. The normalized spacial score (nSPS) is 11.0. The highest BCUT2D eigenvalue weighted by atomic mass is 16.1. The summed E-state index contributed by atoms with van der Waals surface area (Å²) in [5.41, 5.74) is 13.0. The molecule has 0 aliphatic carbocycles. The van der Waals surface area contributed by atoms with Crippen LogP contribution >= 0.6 is 0 Å². The van der Waals surface area contributed by atoms with Crippen LogP contribution in [0, 0.1) is 13.8 Å². The Labute approximate surface area is 136 Å². The van der Waals surface area contributed by atoms with Gasteiger partial charge in [0, 0.05) is 22.6 Å². The van der Waals surface area contributed by atoms with Gasteiger partial charge in [0.1, 0.15) is 0 Å². The third kappa shape index (κ3) is 4.83. The van der Waals surface area contributed by atoms with Gasteiger partial charge in [-0.1, -0.05) is 64.8 Å². The maximum absolute atomic E-state index is 12.7. The van der Waals surface area contributed by atoms with Crippen LogP contribution in [0.25, 0.3) is 16.5 Å². The van der Waals surface area contributed by atoms with Gasteiger partial charge in [-0.25, -0.2) is 0 Å². The molecular formula is C19H19N3O. The average Bonchev–Trinajstić information content (AvgIpc) is 2.56. The quantitative estimate of drug-likeness (QED) is 0.236. The van der Waals surface area contributed by atoms with E-state index in [0.29, 0.717) is 17.6 Å². The average molecular weight is 305 g/mol. The van der Waals surface area contributed by atoms with Crippen LogP contribution in [-0.2, 0) is 0 Å². The number of ketones is 1. The Bertz CT molecular complexity index is 752. The molecule has 23 heavy (non-hydrogen) atoms. The highest BCUT2D eigenvalue weighted by Crippen LogP contribution is 2.17. The van der Waals surface area contributed by atoms with Crippen LogP contribution in [-0.4, -0.2) is 12.3 Å². The fourth-order valence-electron chi connectivity index (χ4n) is 2.22. The summed E-state index contributed by atoms with van der Waals surface area (Å²) in [6.07, 6.45) is 2.29. The van der Waals surface area contributed by atoms with Gasteiger partial charge < -0.3 is 0 Å². The van der Waals surface area contributed by atoms with E-state index in [2.05, 4.69) is 10.0 Å². The number of carbonyl (C=O) groups is 1. The highest BCUT2D eigenvalue weighted by Gasteiger charge is 2.12. The maximum Gasteiger partial charge on any atom is 0.189 e. The van der Waals surface area contributed by atoms with Gasteiger partial charge in [-0.15, -0.1) is 0 Å². The summed E-state index contributed by atoms with van der Waals surface area (Å²) in [6.45, 7) is 4.28. The van der Waals surface area contributed by atoms with Crippen molar-refractivity contribution in [3.8, 4) is 0 Å². The Morgan fingerprint density at radius 2 is 1.61 bits per heavy atom. The molecule has 4 nitrogen and oxygen atoms in total. The zero-order valence-corrected chi connectivity index (χ0v) is 13.4. The topological polar surface area (TPSA) is 65.8 Å². The van der Waals surface area contributed by atoms with E-state index >= 15 is 0 Å². The Morgan fingerprint density at radius 1 is 1.04 bits per heavy atom. The number of hydrogen-bond donors (Lipinski definition) is 0. The number of aryl methyl sites for hydroxylation is 2. The first kappa shape index (κ1) is 16.5. The van der Waals surface area contributed by atoms with Crippen LogP contribution in [0.3, 0.4) is 0 Å². The Hall–Kier alpha value is -2.84. The largest absolute Gasteiger partial charge is 0.289 e. The molecule has 0 amide bonds.